The van der Waals surface area contributed by atoms with Gasteiger partial charge in [0.2, 0.25) is 15.9 Å². The summed E-state index contributed by atoms with van der Waals surface area (Å²) in [6.45, 7) is 0.192. The molecule has 1 saturated heterocycles. The first-order valence-corrected chi connectivity index (χ1v) is 15.7. The zero-order valence-electron chi connectivity index (χ0n) is 22.0. The van der Waals surface area contributed by atoms with Gasteiger partial charge in [-0.05, 0) is 61.4 Å². The van der Waals surface area contributed by atoms with Crippen LogP contribution < -0.4 is 19.1 Å². The van der Waals surface area contributed by atoms with Crippen molar-refractivity contribution in [3.05, 3.63) is 71.8 Å². The number of hydrogen-bond acceptors (Lipinski definition) is 7. The molecule has 0 atom stereocenters. The van der Waals surface area contributed by atoms with Crippen molar-refractivity contribution in [3.8, 4) is 11.5 Å². The van der Waals surface area contributed by atoms with E-state index in [1.807, 2.05) is 0 Å². The van der Waals surface area contributed by atoms with E-state index in [0.29, 0.717) is 18.8 Å². The van der Waals surface area contributed by atoms with E-state index in [0.717, 1.165) is 23.6 Å². The van der Waals surface area contributed by atoms with E-state index in [-0.39, 0.29) is 31.9 Å². The molecule has 0 radical (unpaired) electrons. The number of carbonyl (C=O) groups excluding carboxylic acids is 1. The number of ether oxygens (including phenoxy) is 2. The molecule has 214 valence electrons. The van der Waals surface area contributed by atoms with Gasteiger partial charge in [-0.15, -0.1) is 0 Å². The molecule has 0 aliphatic carbocycles. The standard InChI is InChI=1S/C27H30ClN3O7S2/c1-37-24-14-12-21(18-23(24)28)31(39(33,34)22-9-5-3-6-10-22)19-27(32)29-20-11-13-25(38-2)26(17-20)40(35,36)30-15-7-4-8-16-30/h3,5-6,9-14,17-18H,4,7-8,15-16,19H2,1-2H3,(H,29,32). The minimum absolute atomic E-state index is 0.0194. The van der Waals surface area contributed by atoms with Gasteiger partial charge in [0, 0.05) is 18.8 Å². The fourth-order valence-electron chi connectivity index (χ4n) is 4.38. The summed E-state index contributed by atoms with van der Waals surface area (Å²) in [5.74, 6) is -0.213. The van der Waals surface area contributed by atoms with Gasteiger partial charge in [-0.25, -0.2) is 16.8 Å². The number of rotatable bonds is 10. The van der Waals surface area contributed by atoms with E-state index >= 15 is 0 Å². The topological polar surface area (TPSA) is 122 Å². The van der Waals surface area contributed by atoms with E-state index in [1.165, 1.54) is 67.1 Å². The summed E-state index contributed by atoms with van der Waals surface area (Å²) < 4.78 is 66.7. The van der Waals surface area contributed by atoms with Gasteiger partial charge in [0.25, 0.3) is 10.0 Å². The Hall–Kier alpha value is -3.32. The molecule has 0 bridgehead atoms. The Bertz CT molecular complexity index is 1580. The Morgan fingerprint density at radius 1 is 0.900 bits per heavy atom. The predicted octanol–water partition coefficient (Wildman–Crippen LogP) is 4.37. The van der Waals surface area contributed by atoms with Crippen LogP contribution in [0.1, 0.15) is 19.3 Å². The number of carbonyl (C=O) groups is 1. The van der Waals surface area contributed by atoms with E-state index in [9.17, 15) is 21.6 Å². The number of nitrogens with one attached hydrogen (secondary N) is 1. The fourth-order valence-corrected chi connectivity index (χ4v) is 7.76. The fraction of sp³-hybridized carbons (Fsp3) is 0.296. The molecule has 1 heterocycles. The van der Waals surface area contributed by atoms with Gasteiger partial charge in [-0.2, -0.15) is 4.31 Å². The normalized spacial score (nSPS) is 14.4. The molecule has 1 fully saturated rings. The third-order valence-corrected chi connectivity index (χ3v) is 10.4. The van der Waals surface area contributed by atoms with Gasteiger partial charge in [0.05, 0.1) is 29.8 Å². The second-order valence-corrected chi connectivity index (χ2v) is 13.2. The number of halogens is 1. The van der Waals surface area contributed by atoms with Crippen LogP contribution in [0.3, 0.4) is 0 Å². The molecule has 13 heteroatoms. The van der Waals surface area contributed by atoms with Crippen molar-refractivity contribution in [1.82, 2.24) is 4.31 Å². The van der Waals surface area contributed by atoms with Gasteiger partial charge < -0.3 is 14.8 Å². The summed E-state index contributed by atoms with van der Waals surface area (Å²) >= 11 is 6.27. The van der Waals surface area contributed by atoms with E-state index in [4.69, 9.17) is 21.1 Å². The van der Waals surface area contributed by atoms with Crippen LogP contribution in [0.15, 0.2) is 76.5 Å². The zero-order valence-corrected chi connectivity index (χ0v) is 24.4. The summed E-state index contributed by atoms with van der Waals surface area (Å²) in [7, 11) is -5.26. The highest BCUT2D eigenvalue weighted by atomic mass is 35.5. The van der Waals surface area contributed by atoms with Crippen LogP contribution in [0, 0.1) is 0 Å². The van der Waals surface area contributed by atoms with Gasteiger partial charge >= 0.3 is 0 Å². The molecule has 0 aromatic heterocycles. The Morgan fingerprint density at radius 2 is 1.55 bits per heavy atom. The lowest BCUT2D eigenvalue weighted by Crippen LogP contribution is -2.38. The summed E-state index contributed by atoms with van der Waals surface area (Å²) in [5.41, 5.74) is 0.319. The monoisotopic (exact) mass is 607 g/mol. The Balaban J connectivity index is 1.65. The first kappa shape index (κ1) is 29.7. The maximum Gasteiger partial charge on any atom is 0.264 e. The summed E-state index contributed by atoms with van der Waals surface area (Å²) in [6, 6.07) is 16.3. The van der Waals surface area contributed by atoms with E-state index in [1.54, 1.807) is 18.2 Å². The number of piperidine rings is 1. The van der Waals surface area contributed by atoms with Crippen molar-refractivity contribution in [2.75, 3.05) is 43.5 Å². The van der Waals surface area contributed by atoms with Crippen LogP contribution in [0.5, 0.6) is 11.5 Å². The third kappa shape index (κ3) is 6.35. The molecular weight excluding hydrogens is 578 g/mol. The van der Waals surface area contributed by atoms with Gasteiger partial charge in [-0.1, -0.05) is 36.2 Å². The number of benzene rings is 3. The molecule has 4 rings (SSSR count). The van der Waals surface area contributed by atoms with Crippen molar-refractivity contribution in [1.29, 1.82) is 0 Å². The predicted molar refractivity (Wildman–Crippen MR) is 153 cm³/mol. The second kappa shape index (κ2) is 12.5. The van der Waals surface area contributed by atoms with Crippen LogP contribution in [-0.4, -0.2) is 60.9 Å². The van der Waals surface area contributed by atoms with Crippen molar-refractivity contribution in [3.63, 3.8) is 0 Å². The number of amides is 1. The van der Waals surface area contributed by atoms with Crippen molar-refractivity contribution in [2.24, 2.45) is 0 Å². The maximum absolute atomic E-state index is 13.6. The average Bonchev–Trinajstić information content (AvgIpc) is 2.96. The van der Waals surface area contributed by atoms with Crippen molar-refractivity contribution in [2.45, 2.75) is 29.1 Å². The largest absolute Gasteiger partial charge is 0.495 e. The lowest BCUT2D eigenvalue weighted by molar-refractivity contribution is -0.114. The average molecular weight is 608 g/mol. The van der Waals surface area contributed by atoms with E-state index in [2.05, 4.69) is 5.32 Å². The Labute approximate surface area is 239 Å². The van der Waals surface area contributed by atoms with Crippen LogP contribution in [0.2, 0.25) is 5.02 Å². The molecular formula is C27H30ClN3O7S2. The number of nitrogens with zero attached hydrogens (tertiary/aromatic N) is 2. The lowest BCUT2D eigenvalue weighted by Gasteiger charge is -2.27. The van der Waals surface area contributed by atoms with E-state index < -0.39 is 32.5 Å². The molecule has 3 aromatic carbocycles. The smallest absolute Gasteiger partial charge is 0.264 e. The summed E-state index contributed by atoms with van der Waals surface area (Å²) in [4.78, 5) is 13.1. The lowest BCUT2D eigenvalue weighted by atomic mass is 10.2. The molecule has 10 nitrogen and oxygen atoms in total. The number of methoxy groups -OCH3 is 2. The quantitative estimate of drug-likeness (QED) is 0.363. The molecule has 0 saturated carbocycles. The molecule has 3 aromatic rings. The van der Waals surface area contributed by atoms with Crippen LogP contribution in [-0.2, 0) is 24.8 Å². The van der Waals surface area contributed by atoms with Gasteiger partial charge in [-0.3, -0.25) is 9.10 Å². The molecule has 1 N–H and O–H groups in total. The number of anilines is 2. The molecule has 1 aliphatic rings. The van der Waals surface area contributed by atoms with Crippen LogP contribution >= 0.6 is 11.6 Å². The van der Waals surface area contributed by atoms with Crippen LogP contribution in [0.4, 0.5) is 11.4 Å². The highest BCUT2D eigenvalue weighted by molar-refractivity contribution is 7.92. The first-order valence-electron chi connectivity index (χ1n) is 12.5. The summed E-state index contributed by atoms with van der Waals surface area (Å²) in [5, 5.41) is 2.79. The minimum Gasteiger partial charge on any atom is -0.495 e. The zero-order chi connectivity index (χ0) is 28.9. The highest BCUT2D eigenvalue weighted by Crippen LogP contribution is 2.33. The molecule has 1 aliphatic heterocycles. The first-order chi connectivity index (χ1) is 19.1. The molecule has 40 heavy (non-hydrogen) atoms. The van der Waals surface area contributed by atoms with Crippen molar-refractivity contribution < 1.29 is 31.1 Å². The molecule has 0 unspecified atom stereocenters. The minimum atomic E-state index is -4.18. The Morgan fingerprint density at radius 3 is 2.17 bits per heavy atom. The second-order valence-electron chi connectivity index (χ2n) is 9.02. The SMILES string of the molecule is COc1ccc(N(CC(=O)Nc2ccc(OC)c(S(=O)(=O)N3CCCCC3)c2)S(=O)(=O)c2ccccc2)cc1Cl. The maximum atomic E-state index is 13.6. The van der Waals surface area contributed by atoms with Crippen LogP contribution in [0.25, 0.3) is 0 Å². The van der Waals surface area contributed by atoms with Gasteiger partial charge in [0.15, 0.2) is 0 Å². The summed E-state index contributed by atoms with van der Waals surface area (Å²) in [6.07, 6.45) is 2.49. The Kier molecular flexibility index (Phi) is 9.24. The molecule has 1 amide bonds. The highest BCUT2D eigenvalue weighted by Gasteiger charge is 2.31. The number of hydrogen-bond donors (Lipinski definition) is 1. The van der Waals surface area contributed by atoms with Gasteiger partial charge in [0.1, 0.15) is 22.9 Å². The number of sulfonamides is 2. The molecule has 0 spiro atoms. The van der Waals surface area contributed by atoms with Crippen molar-refractivity contribution >= 4 is 48.9 Å². The third-order valence-electron chi connectivity index (χ3n) is 6.42.